The Balaban J connectivity index is 2.67. The standard InChI is InChI=1S/C10H8ClN/c11-6-8-1-2-9-3-4-12-7-10(9)5-8/h1-5,7H,6H2. The Morgan fingerprint density at radius 2 is 2.08 bits per heavy atom. The Labute approximate surface area is 76.0 Å². The molecule has 0 saturated heterocycles. The number of hydrogen-bond donors (Lipinski definition) is 0. The SMILES string of the molecule is ClCc1ccc2ccncc2c1. The molecule has 0 N–H and O–H groups in total. The van der Waals surface area contributed by atoms with Crippen molar-refractivity contribution in [1.29, 1.82) is 0 Å². The molecule has 0 aliphatic rings. The van der Waals surface area contributed by atoms with E-state index in [9.17, 15) is 0 Å². The lowest BCUT2D eigenvalue weighted by Gasteiger charge is -1.98. The van der Waals surface area contributed by atoms with E-state index in [0.29, 0.717) is 5.88 Å². The molecule has 2 aromatic rings. The van der Waals surface area contributed by atoms with Gasteiger partial charge in [0.05, 0.1) is 0 Å². The first-order valence-corrected chi connectivity index (χ1v) is 4.32. The highest BCUT2D eigenvalue weighted by Crippen LogP contribution is 2.15. The Bertz CT molecular complexity index is 398. The molecule has 0 atom stereocenters. The van der Waals surface area contributed by atoms with Crippen LogP contribution in [0.2, 0.25) is 0 Å². The number of aromatic nitrogens is 1. The number of alkyl halides is 1. The van der Waals surface area contributed by atoms with Crippen molar-refractivity contribution in [2.75, 3.05) is 0 Å². The molecule has 1 nitrogen and oxygen atoms in total. The van der Waals surface area contributed by atoms with Gasteiger partial charge in [-0.15, -0.1) is 11.6 Å². The maximum Gasteiger partial charge on any atom is 0.0474 e. The zero-order valence-electron chi connectivity index (χ0n) is 6.50. The van der Waals surface area contributed by atoms with E-state index in [0.717, 1.165) is 10.9 Å². The van der Waals surface area contributed by atoms with Crippen molar-refractivity contribution < 1.29 is 0 Å². The van der Waals surface area contributed by atoms with Crippen LogP contribution in [0.3, 0.4) is 0 Å². The number of halogens is 1. The van der Waals surface area contributed by atoms with Crippen LogP contribution in [0.25, 0.3) is 10.8 Å². The van der Waals surface area contributed by atoms with E-state index in [4.69, 9.17) is 11.6 Å². The molecule has 0 unspecified atom stereocenters. The first kappa shape index (κ1) is 7.56. The summed E-state index contributed by atoms with van der Waals surface area (Å²) >= 11 is 5.71. The zero-order chi connectivity index (χ0) is 8.39. The van der Waals surface area contributed by atoms with Crippen molar-refractivity contribution in [3.63, 3.8) is 0 Å². The molecule has 2 rings (SSSR count). The molecule has 2 heteroatoms. The number of rotatable bonds is 1. The van der Waals surface area contributed by atoms with Crippen LogP contribution < -0.4 is 0 Å². The number of hydrogen-bond acceptors (Lipinski definition) is 1. The van der Waals surface area contributed by atoms with E-state index in [2.05, 4.69) is 17.1 Å². The van der Waals surface area contributed by atoms with Gasteiger partial charge < -0.3 is 0 Å². The lowest BCUT2D eigenvalue weighted by Crippen LogP contribution is -1.79. The molecular formula is C10H8ClN. The van der Waals surface area contributed by atoms with E-state index < -0.39 is 0 Å². The van der Waals surface area contributed by atoms with Gasteiger partial charge in [-0.2, -0.15) is 0 Å². The summed E-state index contributed by atoms with van der Waals surface area (Å²) < 4.78 is 0. The van der Waals surface area contributed by atoms with Gasteiger partial charge in [0.2, 0.25) is 0 Å². The van der Waals surface area contributed by atoms with Crippen molar-refractivity contribution in [2.24, 2.45) is 0 Å². The third kappa shape index (κ3) is 1.28. The molecule has 1 heterocycles. The summed E-state index contributed by atoms with van der Waals surface area (Å²) in [6.45, 7) is 0. The quantitative estimate of drug-likeness (QED) is 0.611. The predicted octanol–water partition coefficient (Wildman–Crippen LogP) is 2.97. The number of pyridine rings is 1. The molecule has 0 amide bonds. The predicted molar refractivity (Wildman–Crippen MR) is 51.3 cm³/mol. The number of nitrogens with zero attached hydrogens (tertiary/aromatic N) is 1. The molecule has 0 saturated carbocycles. The zero-order valence-corrected chi connectivity index (χ0v) is 7.25. The first-order chi connectivity index (χ1) is 5.90. The Morgan fingerprint density at radius 1 is 1.17 bits per heavy atom. The van der Waals surface area contributed by atoms with E-state index in [1.165, 1.54) is 5.39 Å². The number of benzene rings is 1. The fourth-order valence-electron chi connectivity index (χ4n) is 1.22. The Morgan fingerprint density at radius 3 is 2.92 bits per heavy atom. The highest BCUT2D eigenvalue weighted by atomic mass is 35.5. The summed E-state index contributed by atoms with van der Waals surface area (Å²) in [4.78, 5) is 4.05. The minimum Gasteiger partial charge on any atom is -0.264 e. The van der Waals surface area contributed by atoms with Crippen molar-refractivity contribution >= 4 is 22.4 Å². The van der Waals surface area contributed by atoms with Gasteiger partial charge in [0.1, 0.15) is 0 Å². The highest BCUT2D eigenvalue weighted by Gasteiger charge is 1.93. The van der Waals surface area contributed by atoms with Gasteiger partial charge in [-0.05, 0) is 23.1 Å². The fraction of sp³-hybridized carbons (Fsp3) is 0.100. The second kappa shape index (κ2) is 3.11. The maximum absolute atomic E-state index is 5.71. The Hall–Kier alpha value is -1.08. The fourth-order valence-corrected chi connectivity index (χ4v) is 1.38. The summed E-state index contributed by atoms with van der Waals surface area (Å²) in [5.74, 6) is 0.560. The van der Waals surface area contributed by atoms with Crippen LogP contribution in [0, 0.1) is 0 Å². The molecule has 0 aliphatic heterocycles. The van der Waals surface area contributed by atoms with Crippen LogP contribution in [-0.2, 0) is 5.88 Å². The molecule has 12 heavy (non-hydrogen) atoms. The van der Waals surface area contributed by atoms with E-state index >= 15 is 0 Å². The van der Waals surface area contributed by atoms with E-state index in [1.54, 1.807) is 6.20 Å². The summed E-state index contributed by atoms with van der Waals surface area (Å²) in [7, 11) is 0. The molecule has 1 aromatic heterocycles. The van der Waals surface area contributed by atoms with Crippen LogP contribution in [0.5, 0.6) is 0 Å². The Kier molecular flexibility index (Phi) is 1.96. The maximum atomic E-state index is 5.71. The van der Waals surface area contributed by atoms with Crippen LogP contribution in [0.15, 0.2) is 36.7 Å². The molecular weight excluding hydrogens is 170 g/mol. The van der Waals surface area contributed by atoms with Crippen LogP contribution in [0.1, 0.15) is 5.56 Å². The van der Waals surface area contributed by atoms with Crippen molar-refractivity contribution in [3.05, 3.63) is 42.2 Å². The van der Waals surface area contributed by atoms with Gasteiger partial charge in [0, 0.05) is 23.7 Å². The van der Waals surface area contributed by atoms with Gasteiger partial charge in [-0.25, -0.2) is 0 Å². The minimum atomic E-state index is 0.560. The van der Waals surface area contributed by atoms with Gasteiger partial charge >= 0.3 is 0 Å². The van der Waals surface area contributed by atoms with Crippen molar-refractivity contribution in [1.82, 2.24) is 4.98 Å². The topological polar surface area (TPSA) is 12.9 Å². The average molecular weight is 178 g/mol. The van der Waals surface area contributed by atoms with E-state index in [-0.39, 0.29) is 0 Å². The summed E-state index contributed by atoms with van der Waals surface area (Å²) in [6.07, 6.45) is 3.65. The lowest BCUT2D eigenvalue weighted by atomic mass is 10.1. The number of fused-ring (bicyclic) bond motifs is 1. The third-order valence-electron chi connectivity index (χ3n) is 1.86. The normalized spacial score (nSPS) is 10.4. The molecule has 0 radical (unpaired) electrons. The molecule has 60 valence electrons. The summed E-state index contributed by atoms with van der Waals surface area (Å²) in [6, 6.07) is 8.16. The average Bonchev–Trinajstić information content (AvgIpc) is 2.17. The van der Waals surface area contributed by atoms with Gasteiger partial charge in [-0.3, -0.25) is 4.98 Å². The van der Waals surface area contributed by atoms with Gasteiger partial charge in [-0.1, -0.05) is 12.1 Å². The second-order valence-corrected chi connectivity index (χ2v) is 2.96. The van der Waals surface area contributed by atoms with Crippen molar-refractivity contribution in [3.8, 4) is 0 Å². The van der Waals surface area contributed by atoms with Crippen LogP contribution in [0.4, 0.5) is 0 Å². The molecule has 1 aromatic carbocycles. The second-order valence-electron chi connectivity index (χ2n) is 2.69. The third-order valence-corrected chi connectivity index (χ3v) is 2.17. The largest absolute Gasteiger partial charge is 0.264 e. The highest BCUT2D eigenvalue weighted by molar-refractivity contribution is 6.17. The summed E-state index contributed by atoms with van der Waals surface area (Å²) in [5.41, 5.74) is 1.14. The monoisotopic (exact) mass is 177 g/mol. The van der Waals surface area contributed by atoms with Gasteiger partial charge in [0.15, 0.2) is 0 Å². The first-order valence-electron chi connectivity index (χ1n) is 3.79. The molecule has 0 fully saturated rings. The van der Waals surface area contributed by atoms with E-state index in [1.807, 2.05) is 18.3 Å². The van der Waals surface area contributed by atoms with Gasteiger partial charge in [0.25, 0.3) is 0 Å². The van der Waals surface area contributed by atoms with Crippen molar-refractivity contribution in [2.45, 2.75) is 5.88 Å². The molecule has 0 bridgehead atoms. The summed E-state index contributed by atoms with van der Waals surface area (Å²) in [5, 5.41) is 2.36. The minimum absolute atomic E-state index is 0.560. The lowest BCUT2D eigenvalue weighted by molar-refractivity contribution is 1.35. The molecule has 0 spiro atoms. The molecule has 0 aliphatic carbocycles. The van der Waals surface area contributed by atoms with Crippen LogP contribution >= 0.6 is 11.6 Å². The smallest absolute Gasteiger partial charge is 0.0474 e. The van der Waals surface area contributed by atoms with Crippen LogP contribution in [-0.4, -0.2) is 4.98 Å².